The van der Waals surface area contributed by atoms with E-state index in [4.69, 9.17) is 14.7 Å². The van der Waals surface area contributed by atoms with Crippen LogP contribution in [0.25, 0.3) is 0 Å². The second kappa shape index (κ2) is 12.1. The van der Waals surface area contributed by atoms with E-state index >= 15 is 0 Å². The third-order valence-corrected chi connectivity index (χ3v) is 4.98. The molecule has 0 radical (unpaired) electrons. The molecule has 1 amide bonds. The average molecular weight is 474 g/mol. The van der Waals surface area contributed by atoms with E-state index in [1.165, 1.54) is 24.3 Å². The molecule has 0 heterocycles. The van der Waals surface area contributed by atoms with Crippen molar-refractivity contribution in [2.45, 2.75) is 18.7 Å². The molecule has 3 rings (SSSR count). The lowest BCUT2D eigenvalue weighted by Crippen LogP contribution is -2.24. The van der Waals surface area contributed by atoms with Gasteiger partial charge in [-0.1, -0.05) is 30.3 Å². The monoisotopic (exact) mass is 474 g/mol. The smallest absolute Gasteiger partial charge is 0.416 e. The predicted octanol–water partition coefficient (Wildman–Crippen LogP) is 5.00. The second-order valence-electron chi connectivity index (χ2n) is 7.39. The number of hydroxylamine groups is 1. The number of rotatable bonds is 11. The fraction of sp³-hybridized carbons (Fsp3) is 0.240. The third kappa shape index (κ3) is 7.50. The third-order valence-electron chi connectivity index (χ3n) is 4.98. The molecule has 3 aromatic carbocycles. The van der Waals surface area contributed by atoms with Gasteiger partial charge in [-0.2, -0.15) is 13.2 Å². The average Bonchev–Trinajstić information content (AvgIpc) is 2.85. The van der Waals surface area contributed by atoms with Gasteiger partial charge in [-0.25, -0.2) is 5.48 Å². The molecule has 0 saturated carbocycles. The Bertz CT molecular complexity index is 1030. The lowest BCUT2D eigenvalue weighted by molar-refractivity contribution is -0.137. The SMILES string of the molecule is O=C(NO)c1ccc(OCCNCCC(Oc2ccc(C(F)(F)F)cc2)c2ccccc2)cc1. The number of halogens is 3. The molecule has 0 aliphatic carbocycles. The van der Waals surface area contributed by atoms with E-state index in [0.717, 1.165) is 17.7 Å². The van der Waals surface area contributed by atoms with Crippen LogP contribution < -0.4 is 20.3 Å². The molecule has 3 aromatic rings. The van der Waals surface area contributed by atoms with Crippen molar-refractivity contribution in [3.8, 4) is 11.5 Å². The van der Waals surface area contributed by atoms with Gasteiger partial charge in [0.25, 0.3) is 5.91 Å². The molecular formula is C25H25F3N2O4. The minimum Gasteiger partial charge on any atom is -0.492 e. The Hall–Kier alpha value is -3.56. The highest BCUT2D eigenvalue weighted by molar-refractivity contribution is 5.93. The van der Waals surface area contributed by atoms with Crippen LogP contribution in [0.1, 0.15) is 34.0 Å². The van der Waals surface area contributed by atoms with Crippen molar-refractivity contribution in [2.75, 3.05) is 19.7 Å². The Balaban J connectivity index is 1.48. The van der Waals surface area contributed by atoms with Crippen molar-refractivity contribution in [3.63, 3.8) is 0 Å². The van der Waals surface area contributed by atoms with Gasteiger partial charge in [0.1, 0.15) is 24.2 Å². The first kappa shape index (κ1) is 25.1. The van der Waals surface area contributed by atoms with Crippen molar-refractivity contribution in [1.29, 1.82) is 0 Å². The van der Waals surface area contributed by atoms with Crippen LogP contribution in [-0.2, 0) is 6.18 Å². The lowest BCUT2D eigenvalue weighted by Gasteiger charge is -2.20. The highest BCUT2D eigenvalue weighted by Crippen LogP contribution is 2.31. The van der Waals surface area contributed by atoms with Gasteiger partial charge in [-0.3, -0.25) is 10.0 Å². The molecule has 180 valence electrons. The fourth-order valence-electron chi connectivity index (χ4n) is 3.21. The van der Waals surface area contributed by atoms with Crippen LogP contribution in [0.2, 0.25) is 0 Å². The van der Waals surface area contributed by atoms with Crippen LogP contribution >= 0.6 is 0 Å². The predicted molar refractivity (Wildman–Crippen MR) is 120 cm³/mol. The van der Waals surface area contributed by atoms with Crippen LogP contribution in [0.3, 0.4) is 0 Å². The Labute approximate surface area is 195 Å². The summed E-state index contributed by atoms with van der Waals surface area (Å²) >= 11 is 0. The quantitative estimate of drug-likeness (QED) is 0.207. The lowest BCUT2D eigenvalue weighted by atomic mass is 10.1. The number of hydrogen-bond acceptors (Lipinski definition) is 5. The zero-order chi connectivity index (χ0) is 24.4. The van der Waals surface area contributed by atoms with E-state index in [0.29, 0.717) is 43.2 Å². The van der Waals surface area contributed by atoms with Crippen molar-refractivity contribution in [2.24, 2.45) is 0 Å². The van der Waals surface area contributed by atoms with Crippen LogP contribution in [0.5, 0.6) is 11.5 Å². The summed E-state index contributed by atoms with van der Waals surface area (Å²) in [6, 6.07) is 20.5. The number of carbonyl (C=O) groups excluding carboxylic acids is 1. The zero-order valence-corrected chi connectivity index (χ0v) is 18.2. The molecule has 0 fully saturated rings. The minimum atomic E-state index is -4.39. The number of benzene rings is 3. The number of carbonyl (C=O) groups is 1. The summed E-state index contributed by atoms with van der Waals surface area (Å²) in [7, 11) is 0. The molecule has 1 atom stereocenters. The standard InChI is InChI=1S/C25H25F3N2O4/c26-25(27,28)20-8-12-22(13-9-20)34-23(18-4-2-1-3-5-18)14-15-29-16-17-33-21-10-6-19(7-11-21)24(31)30-32/h1-13,23,29,32H,14-17H2,(H,30,31). The van der Waals surface area contributed by atoms with Crippen molar-refractivity contribution >= 4 is 5.91 Å². The molecule has 3 N–H and O–H groups in total. The topological polar surface area (TPSA) is 79.8 Å². The second-order valence-corrected chi connectivity index (χ2v) is 7.39. The molecule has 34 heavy (non-hydrogen) atoms. The number of amides is 1. The first-order valence-electron chi connectivity index (χ1n) is 10.6. The van der Waals surface area contributed by atoms with E-state index in [1.54, 1.807) is 17.6 Å². The maximum Gasteiger partial charge on any atom is 0.416 e. The van der Waals surface area contributed by atoms with E-state index < -0.39 is 17.6 Å². The van der Waals surface area contributed by atoms with Gasteiger partial charge in [0.05, 0.1) is 5.56 Å². The van der Waals surface area contributed by atoms with E-state index in [-0.39, 0.29) is 6.10 Å². The van der Waals surface area contributed by atoms with Gasteiger partial charge in [-0.05, 0) is 60.6 Å². The molecule has 0 aliphatic rings. The summed E-state index contributed by atoms with van der Waals surface area (Å²) in [6.45, 7) is 1.54. The number of nitrogens with one attached hydrogen (secondary N) is 2. The molecule has 0 spiro atoms. The van der Waals surface area contributed by atoms with Crippen LogP contribution in [0.4, 0.5) is 13.2 Å². The van der Waals surface area contributed by atoms with E-state index in [2.05, 4.69) is 5.32 Å². The van der Waals surface area contributed by atoms with Gasteiger partial charge in [-0.15, -0.1) is 0 Å². The molecule has 0 saturated heterocycles. The highest BCUT2D eigenvalue weighted by Gasteiger charge is 2.30. The van der Waals surface area contributed by atoms with Crippen molar-refractivity contribution in [1.82, 2.24) is 10.8 Å². The zero-order valence-electron chi connectivity index (χ0n) is 18.2. The Morgan fingerprint density at radius 2 is 1.53 bits per heavy atom. The summed E-state index contributed by atoms with van der Waals surface area (Å²) in [6.07, 6.45) is -4.13. The van der Waals surface area contributed by atoms with Crippen LogP contribution in [-0.4, -0.2) is 30.8 Å². The van der Waals surface area contributed by atoms with E-state index in [1.807, 2.05) is 30.3 Å². The van der Waals surface area contributed by atoms with Gasteiger partial charge < -0.3 is 14.8 Å². The molecular weight excluding hydrogens is 449 g/mol. The fourth-order valence-corrected chi connectivity index (χ4v) is 3.21. The summed E-state index contributed by atoms with van der Waals surface area (Å²) < 4.78 is 50.0. The van der Waals surface area contributed by atoms with Gasteiger partial charge in [0.2, 0.25) is 0 Å². The molecule has 1 unspecified atom stereocenters. The number of alkyl halides is 3. The highest BCUT2D eigenvalue weighted by atomic mass is 19.4. The largest absolute Gasteiger partial charge is 0.492 e. The molecule has 0 bridgehead atoms. The number of hydrogen-bond donors (Lipinski definition) is 3. The van der Waals surface area contributed by atoms with Crippen molar-refractivity contribution < 1.29 is 32.6 Å². The first-order chi connectivity index (χ1) is 16.4. The van der Waals surface area contributed by atoms with E-state index in [9.17, 15) is 18.0 Å². The summed E-state index contributed by atoms with van der Waals surface area (Å²) in [4.78, 5) is 11.3. The van der Waals surface area contributed by atoms with Crippen LogP contribution in [0.15, 0.2) is 78.9 Å². The summed E-state index contributed by atoms with van der Waals surface area (Å²) in [5.74, 6) is 0.354. The Morgan fingerprint density at radius 1 is 0.882 bits per heavy atom. The Kier molecular flexibility index (Phi) is 8.89. The van der Waals surface area contributed by atoms with Crippen LogP contribution in [0, 0.1) is 0 Å². The molecule has 0 aliphatic heterocycles. The minimum absolute atomic E-state index is 0.313. The summed E-state index contributed by atoms with van der Waals surface area (Å²) in [5, 5.41) is 11.9. The van der Waals surface area contributed by atoms with Gasteiger partial charge in [0.15, 0.2) is 0 Å². The Morgan fingerprint density at radius 3 is 2.15 bits per heavy atom. The molecule has 6 nitrogen and oxygen atoms in total. The summed E-state index contributed by atoms with van der Waals surface area (Å²) in [5.41, 5.74) is 2.08. The normalized spacial score (nSPS) is 12.1. The van der Waals surface area contributed by atoms with Gasteiger partial charge >= 0.3 is 6.18 Å². The molecule has 0 aromatic heterocycles. The number of ether oxygens (including phenoxy) is 2. The van der Waals surface area contributed by atoms with Gasteiger partial charge in [0, 0.05) is 18.5 Å². The maximum atomic E-state index is 12.8. The maximum absolute atomic E-state index is 12.8. The molecule has 9 heteroatoms. The van der Waals surface area contributed by atoms with Crippen molar-refractivity contribution in [3.05, 3.63) is 95.6 Å². The first-order valence-corrected chi connectivity index (χ1v) is 10.6.